The normalized spacial score (nSPS) is 21.0. The standard InChI is InChI=1S/C17H24N4O3/c1-12(24-11-15-3-2-10-23-15)16(22)20-13-4-6-14(7-5-13)21-17-18-8-9-19-17/h4-7,12,15H,2-3,8-11H2,1H3,(H,20,22)(H2,18,19,21). The predicted molar refractivity (Wildman–Crippen MR) is 93.4 cm³/mol. The number of nitrogens with zero attached hydrogens (tertiary/aromatic N) is 1. The monoisotopic (exact) mass is 332 g/mol. The van der Waals surface area contributed by atoms with Crippen LogP contribution in [0.25, 0.3) is 0 Å². The van der Waals surface area contributed by atoms with E-state index in [2.05, 4.69) is 20.9 Å². The van der Waals surface area contributed by atoms with Crippen LogP contribution in [0.5, 0.6) is 0 Å². The molecule has 1 aromatic rings. The average Bonchev–Trinajstić information content (AvgIpc) is 3.28. The summed E-state index contributed by atoms with van der Waals surface area (Å²) in [6.45, 7) is 4.66. The van der Waals surface area contributed by atoms with Crippen LogP contribution in [0.3, 0.4) is 0 Å². The third-order valence-corrected chi connectivity index (χ3v) is 4.01. The van der Waals surface area contributed by atoms with E-state index in [9.17, 15) is 4.79 Å². The molecule has 1 aromatic carbocycles. The van der Waals surface area contributed by atoms with E-state index < -0.39 is 6.10 Å². The van der Waals surface area contributed by atoms with Gasteiger partial charge in [-0.3, -0.25) is 9.79 Å². The predicted octanol–water partition coefficient (Wildman–Crippen LogP) is 1.58. The maximum atomic E-state index is 12.2. The number of hydrogen-bond donors (Lipinski definition) is 3. The number of guanidine groups is 1. The molecular formula is C17H24N4O3. The zero-order valence-corrected chi connectivity index (χ0v) is 13.9. The van der Waals surface area contributed by atoms with Crippen LogP contribution in [-0.4, -0.2) is 50.4 Å². The Morgan fingerprint density at radius 2 is 2.21 bits per heavy atom. The van der Waals surface area contributed by atoms with Gasteiger partial charge in [0, 0.05) is 24.5 Å². The fraction of sp³-hybridized carbons (Fsp3) is 0.529. The van der Waals surface area contributed by atoms with Crippen molar-refractivity contribution in [2.24, 2.45) is 4.99 Å². The number of aliphatic imine (C=N–C) groups is 1. The summed E-state index contributed by atoms with van der Waals surface area (Å²) in [6.07, 6.45) is 1.68. The molecule has 1 amide bonds. The summed E-state index contributed by atoms with van der Waals surface area (Å²) in [5.74, 6) is 0.624. The molecular weight excluding hydrogens is 308 g/mol. The number of amides is 1. The maximum absolute atomic E-state index is 12.2. The zero-order valence-electron chi connectivity index (χ0n) is 13.9. The van der Waals surface area contributed by atoms with Crippen LogP contribution in [0, 0.1) is 0 Å². The Morgan fingerprint density at radius 3 is 2.88 bits per heavy atom. The van der Waals surface area contributed by atoms with Gasteiger partial charge in [0.2, 0.25) is 0 Å². The maximum Gasteiger partial charge on any atom is 0.253 e. The first-order valence-electron chi connectivity index (χ1n) is 8.40. The Labute approximate surface area is 141 Å². The molecule has 0 radical (unpaired) electrons. The smallest absolute Gasteiger partial charge is 0.253 e. The van der Waals surface area contributed by atoms with Crippen molar-refractivity contribution in [3.05, 3.63) is 24.3 Å². The highest BCUT2D eigenvalue weighted by Crippen LogP contribution is 2.15. The van der Waals surface area contributed by atoms with E-state index in [1.807, 2.05) is 24.3 Å². The van der Waals surface area contributed by atoms with E-state index in [1.54, 1.807) is 6.92 Å². The molecule has 7 nitrogen and oxygen atoms in total. The van der Waals surface area contributed by atoms with Gasteiger partial charge >= 0.3 is 0 Å². The van der Waals surface area contributed by atoms with Crippen LogP contribution >= 0.6 is 0 Å². The van der Waals surface area contributed by atoms with E-state index in [-0.39, 0.29) is 12.0 Å². The van der Waals surface area contributed by atoms with Gasteiger partial charge in [0.05, 0.1) is 19.3 Å². The lowest BCUT2D eigenvalue weighted by Crippen LogP contribution is -2.30. The summed E-state index contributed by atoms with van der Waals surface area (Å²) >= 11 is 0. The quantitative estimate of drug-likeness (QED) is 0.737. The summed E-state index contributed by atoms with van der Waals surface area (Å²) < 4.78 is 11.1. The molecule has 2 heterocycles. The highest BCUT2D eigenvalue weighted by molar-refractivity contribution is 5.96. The van der Waals surface area contributed by atoms with Gasteiger partial charge in [-0.2, -0.15) is 0 Å². The SMILES string of the molecule is CC(OCC1CCCO1)C(=O)Nc1ccc(NC2=NCCN2)cc1. The Bertz CT molecular complexity index is 582. The molecule has 0 spiro atoms. The Morgan fingerprint density at radius 1 is 1.42 bits per heavy atom. The second kappa shape index (κ2) is 8.12. The molecule has 1 saturated heterocycles. The number of rotatable bonds is 6. The van der Waals surface area contributed by atoms with Crippen molar-refractivity contribution >= 4 is 23.2 Å². The highest BCUT2D eigenvalue weighted by atomic mass is 16.5. The lowest BCUT2D eigenvalue weighted by Gasteiger charge is -2.16. The largest absolute Gasteiger partial charge is 0.376 e. The Balaban J connectivity index is 1.44. The first kappa shape index (κ1) is 16.7. The number of nitrogens with one attached hydrogen (secondary N) is 3. The van der Waals surface area contributed by atoms with E-state index in [0.29, 0.717) is 6.61 Å². The van der Waals surface area contributed by atoms with Gasteiger partial charge < -0.3 is 25.4 Å². The van der Waals surface area contributed by atoms with Crippen molar-refractivity contribution in [2.45, 2.75) is 32.0 Å². The molecule has 0 aromatic heterocycles. The zero-order chi connectivity index (χ0) is 16.8. The number of benzene rings is 1. The minimum absolute atomic E-state index is 0.123. The number of carbonyl (C=O) groups is 1. The van der Waals surface area contributed by atoms with Crippen molar-refractivity contribution in [1.82, 2.24) is 5.32 Å². The molecule has 0 aliphatic carbocycles. The van der Waals surface area contributed by atoms with E-state index in [1.165, 1.54) is 0 Å². The highest BCUT2D eigenvalue weighted by Gasteiger charge is 2.20. The number of hydrogen-bond acceptors (Lipinski definition) is 6. The molecule has 3 rings (SSSR count). The molecule has 3 N–H and O–H groups in total. The van der Waals surface area contributed by atoms with Gasteiger partial charge in [-0.1, -0.05) is 0 Å². The molecule has 24 heavy (non-hydrogen) atoms. The second-order valence-corrected chi connectivity index (χ2v) is 5.96. The molecule has 2 aliphatic heterocycles. The second-order valence-electron chi connectivity index (χ2n) is 5.96. The van der Waals surface area contributed by atoms with Crippen LogP contribution in [0.2, 0.25) is 0 Å². The molecule has 7 heteroatoms. The van der Waals surface area contributed by atoms with Gasteiger partial charge in [-0.15, -0.1) is 0 Å². The van der Waals surface area contributed by atoms with Crippen LogP contribution in [0.4, 0.5) is 11.4 Å². The van der Waals surface area contributed by atoms with Gasteiger partial charge in [0.1, 0.15) is 6.10 Å². The third-order valence-electron chi connectivity index (χ3n) is 4.01. The number of anilines is 2. The van der Waals surface area contributed by atoms with Crippen molar-refractivity contribution in [3.63, 3.8) is 0 Å². The Hall–Kier alpha value is -2.12. The lowest BCUT2D eigenvalue weighted by atomic mass is 10.2. The van der Waals surface area contributed by atoms with Crippen LogP contribution < -0.4 is 16.0 Å². The summed E-state index contributed by atoms with van der Waals surface area (Å²) in [6, 6.07) is 7.50. The Kier molecular flexibility index (Phi) is 5.66. The lowest BCUT2D eigenvalue weighted by molar-refractivity contribution is -0.128. The summed E-state index contributed by atoms with van der Waals surface area (Å²) in [5.41, 5.74) is 1.66. The van der Waals surface area contributed by atoms with Crippen LogP contribution in [-0.2, 0) is 14.3 Å². The fourth-order valence-corrected chi connectivity index (χ4v) is 2.60. The van der Waals surface area contributed by atoms with E-state index in [4.69, 9.17) is 9.47 Å². The van der Waals surface area contributed by atoms with Crippen molar-refractivity contribution < 1.29 is 14.3 Å². The van der Waals surface area contributed by atoms with Crippen LogP contribution in [0.15, 0.2) is 29.3 Å². The van der Waals surface area contributed by atoms with Crippen molar-refractivity contribution in [1.29, 1.82) is 0 Å². The first-order chi connectivity index (χ1) is 11.7. The summed E-state index contributed by atoms with van der Waals surface area (Å²) in [7, 11) is 0. The topological polar surface area (TPSA) is 84.0 Å². The first-order valence-corrected chi connectivity index (χ1v) is 8.40. The van der Waals surface area contributed by atoms with Crippen molar-refractivity contribution in [2.75, 3.05) is 36.9 Å². The van der Waals surface area contributed by atoms with Gasteiger partial charge in [0.15, 0.2) is 5.96 Å². The van der Waals surface area contributed by atoms with Gasteiger partial charge in [-0.25, -0.2) is 0 Å². The van der Waals surface area contributed by atoms with E-state index >= 15 is 0 Å². The molecule has 130 valence electrons. The molecule has 2 atom stereocenters. The summed E-state index contributed by atoms with van der Waals surface area (Å²) in [5, 5.41) is 9.19. The molecule has 0 saturated carbocycles. The van der Waals surface area contributed by atoms with Gasteiger partial charge in [-0.05, 0) is 44.0 Å². The molecule has 2 aliphatic rings. The molecule has 2 unspecified atom stereocenters. The number of carbonyl (C=O) groups excluding carboxylic acids is 1. The average molecular weight is 332 g/mol. The third kappa shape index (κ3) is 4.69. The number of ether oxygens (including phenoxy) is 2. The van der Waals surface area contributed by atoms with Gasteiger partial charge in [0.25, 0.3) is 5.91 Å². The fourth-order valence-electron chi connectivity index (χ4n) is 2.60. The van der Waals surface area contributed by atoms with Crippen LogP contribution in [0.1, 0.15) is 19.8 Å². The minimum Gasteiger partial charge on any atom is -0.376 e. The minimum atomic E-state index is -0.510. The summed E-state index contributed by atoms with van der Waals surface area (Å²) in [4.78, 5) is 16.4. The van der Waals surface area contributed by atoms with Crippen molar-refractivity contribution in [3.8, 4) is 0 Å². The molecule has 0 bridgehead atoms. The molecule has 1 fully saturated rings. The van der Waals surface area contributed by atoms with E-state index in [0.717, 1.165) is 49.9 Å².